The van der Waals surface area contributed by atoms with Gasteiger partial charge in [0.2, 0.25) is 5.96 Å². The minimum Gasteiger partial charge on any atom is -0.353 e. The van der Waals surface area contributed by atoms with Crippen LogP contribution in [0, 0.1) is 5.92 Å². The number of hydrogen-bond acceptors (Lipinski definition) is 2. The average molecular weight is 224 g/mol. The smallest absolute Gasteiger partial charge is 0.206 e. The minimum atomic E-state index is 0.476. The second kappa shape index (κ2) is 5.53. The Morgan fingerprint density at radius 1 is 1.31 bits per heavy atom. The maximum absolute atomic E-state index is 5.50. The van der Waals surface area contributed by atoms with E-state index in [4.69, 9.17) is 5.84 Å². The topological polar surface area (TPSA) is 62.4 Å². The number of aliphatic imine (C=N–C) groups is 1. The molecule has 0 radical (unpaired) electrons. The normalized spacial score (nSPS) is 24.5. The highest BCUT2D eigenvalue weighted by Gasteiger charge is 2.24. The van der Waals surface area contributed by atoms with Crippen LogP contribution in [0.2, 0.25) is 0 Å². The van der Waals surface area contributed by atoms with Gasteiger partial charge in [-0.3, -0.25) is 5.43 Å². The van der Waals surface area contributed by atoms with Crippen molar-refractivity contribution in [2.45, 2.75) is 64.0 Å². The molecule has 0 aromatic rings. The molecule has 2 aliphatic carbocycles. The third-order valence-corrected chi connectivity index (χ3v) is 3.54. The van der Waals surface area contributed by atoms with Crippen LogP contribution in [0.4, 0.5) is 0 Å². The third kappa shape index (κ3) is 3.67. The zero-order chi connectivity index (χ0) is 11.4. The largest absolute Gasteiger partial charge is 0.353 e. The van der Waals surface area contributed by atoms with E-state index >= 15 is 0 Å². The average Bonchev–Trinajstić information content (AvgIpc) is 2.92. The number of rotatable bonds is 4. The molecule has 92 valence electrons. The summed E-state index contributed by atoms with van der Waals surface area (Å²) in [4.78, 5) is 4.63. The molecule has 0 aliphatic heterocycles. The number of nitrogens with two attached hydrogens (primary N) is 1. The Labute approximate surface area is 98.0 Å². The van der Waals surface area contributed by atoms with Crippen LogP contribution in [0.1, 0.15) is 51.9 Å². The van der Waals surface area contributed by atoms with E-state index in [1.54, 1.807) is 0 Å². The fourth-order valence-electron chi connectivity index (χ4n) is 2.48. The van der Waals surface area contributed by atoms with E-state index in [1.807, 2.05) is 0 Å². The van der Waals surface area contributed by atoms with Gasteiger partial charge in [0, 0.05) is 6.04 Å². The summed E-state index contributed by atoms with van der Waals surface area (Å²) >= 11 is 0. The van der Waals surface area contributed by atoms with Crippen LogP contribution in [0.3, 0.4) is 0 Å². The first-order valence-electron chi connectivity index (χ1n) is 6.59. The second-order valence-electron chi connectivity index (χ2n) is 5.28. The maximum Gasteiger partial charge on any atom is 0.206 e. The molecule has 0 aromatic carbocycles. The first-order valence-corrected chi connectivity index (χ1v) is 6.59. The lowest BCUT2D eigenvalue weighted by atomic mass is 10.2. The van der Waals surface area contributed by atoms with Crippen molar-refractivity contribution in [2.75, 3.05) is 0 Å². The van der Waals surface area contributed by atoms with E-state index in [0.717, 1.165) is 11.9 Å². The quantitative estimate of drug-likeness (QED) is 0.294. The summed E-state index contributed by atoms with van der Waals surface area (Å²) in [6.07, 6.45) is 9.08. The van der Waals surface area contributed by atoms with Crippen molar-refractivity contribution in [3.8, 4) is 0 Å². The standard InChI is InChI=1S/C12H24N4/c1-9(8-10-6-7-10)14-12(16-13)15-11-4-2-3-5-11/h9-11H,2-8,13H2,1H3,(H2,14,15,16). The Kier molecular flexibility index (Phi) is 4.04. The van der Waals surface area contributed by atoms with Gasteiger partial charge >= 0.3 is 0 Å². The van der Waals surface area contributed by atoms with Crippen LogP contribution in [0.15, 0.2) is 4.99 Å². The first-order chi connectivity index (χ1) is 7.78. The molecule has 0 spiro atoms. The van der Waals surface area contributed by atoms with E-state index in [-0.39, 0.29) is 0 Å². The second-order valence-corrected chi connectivity index (χ2v) is 5.28. The molecule has 16 heavy (non-hydrogen) atoms. The summed E-state index contributed by atoms with van der Waals surface area (Å²) in [5.74, 6) is 7.22. The van der Waals surface area contributed by atoms with Crippen molar-refractivity contribution in [1.82, 2.24) is 10.7 Å². The first kappa shape index (κ1) is 11.7. The van der Waals surface area contributed by atoms with Crippen molar-refractivity contribution in [1.29, 1.82) is 0 Å². The molecule has 0 saturated heterocycles. The van der Waals surface area contributed by atoms with E-state index in [1.165, 1.54) is 44.9 Å². The molecule has 1 unspecified atom stereocenters. The molecule has 2 saturated carbocycles. The molecule has 2 aliphatic rings. The minimum absolute atomic E-state index is 0.476. The van der Waals surface area contributed by atoms with Crippen molar-refractivity contribution in [2.24, 2.45) is 16.8 Å². The van der Waals surface area contributed by atoms with Crippen LogP contribution in [-0.4, -0.2) is 18.0 Å². The van der Waals surface area contributed by atoms with Gasteiger partial charge in [0.25, 0.3) is 0 Å². The Morgan fingerprint density at radius 3 is 2.56 bits per heavy atom. The molecule has 2 rings (SSSR count). The summed E-state index contributed by atoms with van der Waals surface area (Å²) < 4.78 is 0. The Hall–Kier alpha value is -0.770. The van der Waals surface area contributed by atoms with Crippen molar-refractivity contribution in [3.63, 3.8) is 0 Å². The van der Waals surface area contributed by atoms with Gasteiger partial charge in [0.05, 0.1) is 6.04 Å². The van der Waals surface area contributed by atoms with Crippen molar-refractivity contribution >= 4 is 5.96 Å². The highest BCUT2D eigenvalue weighted by Crippen LogP contribution is 2.33. The molecule has 0 bridgehead atoms. The van der Waals surface area contributed by atoms with Crippen LogP contribution >= 0.6 is 0 Å². The lowest BCUT2D eigenvalue weighted by molar-refractivity contribution is 0.550. The van der Waals surface area contributed by atoms with Crippen LogP contribution in [-0.2, 0) is 0 Å². The van der Waals surface area contributed by atoms with Gasteiger partial charge in [-0.25, -0.2) is 10.8 Å². The van der Waals surface area contributed by atoms with E-state index < -0.39 is 0 Å². The van der Waals surface area contributed by atoms with Gasteiger partial charge in [-0.2, -0.15) is 0 Å². The maximum atomic E-state index is 5.50. The molecular weight excluding hydrogens is 200 g/mol. The Morgan fingerprint density at radius 2 is 2.00 bits per heavy atom. The summed E-state index contributed by atoms with van der Waals surface area (Å²) in [7, 11) is 0. The highest BCUT2D eigenvalue weighted by molar-refractivity contribution is 5.79. The number of guanidine groups is 1. The molecule has 0 amide bonds. The molecule has 2 fully saturated rings. The summed E-state index contributed by atoms with van der Waals surface area (Å²) in [5.41, 5.74) is 2.69. The van der Waals surface area contributed by atoms with Crippen LogP contribution in [0.25, 0.3) is 0 Å². The lowest BCUT2D eigenvalue weighted by Crippen LogP contribution is -2.46. The zero-order valence-corrected chi connectivity index (χ0v) is 10.2. The van der Waals surface area contributed by atoms with Gasteiger partial charge in [0.1, 0.15) is 0 Å². The SMILES string of the molecule is CC(CC1CC1)NC(=NC1CCCC1)NN. The summed E-state index contributed by atoms with van der Waals surface area (Å²) in [6, 6.07) is 0.954. The number of nitrogens with one attached hydrogen (secondary N) is 2. The zero-order valence-electron chi connectivity index (χ0n) is 10.2. The molecule has 0 aromatic heterocycles. The van der Waals surface area contributed by atoms with Crippen molar-refractivity contribution in [3.05, 3.63) is 0 Å². The van der Waals surface area contributed by atoms with Crippen LogP contribution < -0.4 is 16.6 Å². The van der Waals surface area contributed by atoms with E-state index in [0.29, 0.717) is 12.1 Å². The summed E-state index contributed by atoms with van der Waals surface area (Å²) in [6.45, 7) is 2.21. The van der Waals surface area contributed by atoms with Gasteiger partial charge in [0.15, 0.2) is 0 Å². The Balaban J connectivity index is 1.78. The fourth-order valence-corrected chi connectivity index (χ4v) is 2.48. The van der Waals surface area contributed by atoms with Crippen molar-refractivity contribution < 1.29 is 0 Å². The fraction of sp³-hybridized carbons (Fsp3) is 0.917. The highest BCUT2D eigenvalue weighted by atomic mass is 15.3. The monoisotopic (exact) mass is 224 g/mol. The number of nitrogens with zero attached hydrogens (tertiary/aromatic N) is 1. The molecule has 0 heterocycles. The predicted molar refractivity (Wildman–Crippen MR) is 67.0 cm³/mol. The van der Waals surface area contributed by atoms with E-state index in [2.05, 4.69) is 22.7 Å². The predicted octanol–water partition coefficient (Wildman–Crippen LogP) is 1.53. The molecule has 1 atom stereocenters. The molecule has 4 N–H and O–H groups in total. The van der Waals surface area contributed by atoms with Gasteiger partial charge in [-0.1, -0.05) is 25.7 Å². The lowest BCUT2D eigenvalue weighted by Gasteiger charge is -2.17. The van der Waals surface area contributed by atoms with E-state index in [9.17, 15) is 0 Å². The Bertz CT molecular complexity index is 241. The number of hydrogen-bond donors (Lipinski definition) is 3. The summed E-state index contributed by atoms with van der Waals surface area (Å²) in [5, 5.41) is 3.38. The van der Waals surface area contributed by atoms with Crippen LogP contribution in [0.5, 0.6) is 0 Å². The third-order valence-electron chi connectivity index (χ3n) is 3.54. The van der Waals surface area contributed by atoms with Gasteiger partial charge in [-0.15, -0.1) is 0 Å². The molecule has 4 nitrogen and oxygen atoms in total. The molecule has 4 heteroatoms. The van der Waals surface area contributed by atoms with Gasteiger partial charge < -0.3 is 5.32 Å². The number of hydrazine groups is 1. The molecular formula is C12H24N4. The van der Waals surface area contributed by atoms with Gasteiger partial charge in [-0.05, 0) is 32.1 Å².